The number of methoxy groups -OCH3 is 1. The zero-order valence-corrected chi connectivity index (χ0v) is 7.44. The largest absolute Gasteiger partial charge is 0.478 e. The van der Waals surface area contributed by atoms with Gasteiger partial charge in [0.15, 0.2) is 5.82 Å². The van der Waals surface area contributed by atoms with Crippen LogP contribution in [0.4, 0.5) is 5.82 Å². The lowest BCUT2D eigenvalue weighted by Crippen LogP contribution is -2.06. The van der Waals surface area contributed by atoms with E-state index in [0.717, 1.165) is 0 Å². The molecule has 72 valence electrons. The normalized spacial score (nSPS) is 8.64. The molecule has 1 amide bonds. The van der Waals surface area contributed by atoms with E-state index in [2.05, 4.69) is 21.8 Å². The van der Waals surface area contributed by atoms with E-state index in [9.17, 15) is 4.79 Å². The van der Waals surface area contributed by atoms with E-state index in [0.29, 0.717) is 0 Å². The van der Waals surface area contributed by atoms with Crippen LogP contribution >= 0.6 is 0 Å². The minimum atomic E-state index is -0.734. The maximum absolute atomic E-state index is 10.3. The first-order chi connectivity index (χ1) is 6.63. The molecule has 0 atom stereocenters. The molecule has 0 unspecified atom stereocenters. The highest BCUT2D eigenvalue weighted by atomic mass is 16.5. The third kappa shape index (κ3) is 2.35. The SMILES string of the molecule is COc1nc(C#CC(N)=O)cnc1N. The Balaban J connectivity index is 3.03. The number of nitrogens with two attached hydrogens (primary N) is 2. The molecule has 0 aromatic carbocycles. The maximum atomic E-state index is 10.3. The summed E-state index contributed by atoms with van der Waals surface area (Å²) in [5, 5.41) is 0. The highest BCUT2D eigenvalue weighted by Gasteiger charge is 2.02. The first-order valence-electron chi connectivity index (χ1n) is 3.61. The van der Waals surface area contributed by atoms with Crippen molar-refractivity contribution in [1.82, 2.24) is 9.97 Å². The highest BCUT2D eigenvalue weighted by Crippen LogP contribution is 2.13. The Labute approximate surface area is 80.3 Å². The van der Waals surface area contributed by atoms with Gasteiger partial charge < -0.3 is 16.2 Å². The summed E-state index contributed by atoms with van der Waals surface area (Å²) in [6, 6.07) is 0. The molecule has 0 saturated heterocycles. The minimum absolute atomic E-state index is 0.164. The van der Waals surface area contributed by atoms with Gasteiger partial charge in [0, 0.05) is 5.92 Å². The van der Waals surface area contributed by atoms with Crippen molar-refractivity contribution in [2.24, 2.45) is 5.73 Å². The third-order valence-corrected chi connectivity index (χ3v) is 1.27. The van der Waals surface area contributed by atoms with Gasteiger partial charge in [-0.3, -0.25) is 4.79 Å². The first-order valence-corrected chi connectivity index (χ1v) is 3.61. The van der Waals surface area contributed by atoms with Crippen LogP contribution in [0.25, 0.3) is 0 Å². The summed E-state index contributed by atoms with van der Waals surface area (Å²) in [6.45, 7) is 0. The van der Waals surface area contributed by atoms with Crippen LogP contribution in [0.2, 0.25) is 0 Å². The Morgan fingerprint density at radius 1 is 1.64 bits per heavy atom. The van der Waals surface area contributed by atoms with Crippen LogP contribution in [0.15, 0.2) is 6.20 Å². The second-order valence-corrected chi connectivity index (χ2v) is 2.26. The molecule has 1 rings (SSSR count). The predicted molar refractivity (Wildman–Crippen MR) is 49.1 cm³/mol. The molecule has 6 nitrogen and oxygen atoms in total. The van der Waals surface area contributed by atoms with E-state index >= 15 is 0 Å². The van der Waals surface area contributed by atoms with Crippen LogP contribution < -0.4 is 16.2 Å². The number of ether oxygens (including phenoxy) is 1. The fraction of sp³-hybridized carbons (Fsp3) is 0.125. The van der Waals surface area contributed by atoms with E-state index in [1.165, 1.54) is 13.3 Å². The van der Waals surface area contributed by atoms with Gasteiger partial charge in [0.05, 0.1) is 13.3 Å². The summed E-state index contributed by atoms with van der Waals surface area (Å²) in [7, 11) is 1.41. The van der Waals surface area contributed by atoms with Gasteiger partial charge in [-0.05, 0) is 5.92 Å². The topological polar surface area (TPSA) is 104 Å². The summed E-state index contributed by atoms with van der Waals surface area (Å²) < 4.78 is 4.81. The third-order valence-electron chi connectivity index (χ3n) is 1.27. The zero-order valence-electron chi connectivity index (χ0n) is 7.44. The lowest BCUT2D eigenvalue weighted by Gasteiger charge is -2.00. The van der Waals surface area contributed by atoms with E-state index in [-0.39, 0.29) is 17.4 Å². The lowest BCUT2D eigenvalue weighted by molar-refractivity contribution is -0.112. The van der Waals surface area contributed by atoms with E-state index < -0.39 is 5.91 Å². The molecule has 0 aliphatic carbocycles. The molecule has 1 aromatic heterocycles. The number of nitrogens with zero attached hydrogens (tertiary/aromatic N) is 2. The van der Waals surface area contributed by atoms with E-state index in [4.69, 9.17) is 16.2 Å². The second kappa shape index (κ2) is 4.09. The average molecular weight is 192 g/mol. The molecule has 0 aliphatic heterocycles. The number of aromatic nitrogens is 2. The van der Waals surface area contributed by atoms with Crippen molar-refractivity contribution in [1.29, 1.82) is 0 Å². The second-order valence-electron chi connectivity index (χ2n) is 2.26. The van der Waals surface area contributed by atoms with Crippen LogP contribution in [0, 0.1) is 11.8 Å². The van der Waals surface area contributed by atoms with Crippen molar-refractivity contribution in [2.75, 3.05) is 12.8 Å². The summed E-state index contributed by atoms with van der Waals surface area (Å²) in [4.78, 5) is 18.0. The molecule has 14 heavy (non-hydrogen) atoms. The van der Waals surface area contributed by atoms with E-state index in [1.54, 1.807) is 0 Å². The molecule has 1 heterocycles. The van der Waals surface area contributed by atoms with Crippen LogP contribution in [0.1, 0.15) is 5.69 Å². The minimum Gasteiger partial charge on any atom is -0.478 e. The number of anilines is 1. The summed E-state index contributed by atoms with van der Waals surface area (Å²) >= 11 is 0. The van der Waals surface area contributed by atoms with Crippen LogP contribution in [0.3, 0.4) is 0 Å². The number of amides is 1. The van der Waals surface area contributed by atoms with Crippen molar-refractivity contribution in [2.45, 2.75) is 0 Å². The number of carbonyl (C=O) groups excluding carboxylic acids is 1. The maximum Gasteiger partial charge on any atom is 0.293 e. The van der Waals surface area contributed by atoms with Gasteiger partial charge in [0.25, 0.3) is 11.8 Å². The molecular weight excluding hydrogens is 184 g/mol. The number of rotatable bonds is 1. The molecule has 1 aromatic rings. The number of nitrogen functional groups attached to an aromatic ring is 1. The van der Waals surface area contributed by atoms with Gasteiger partial charge in [-0.1, -0.05) is 0 Å². The van der Waals surface area contributed by atoms with Crippen molar-refractivity contribution in [3.63, 3.8) is 0 Å². The van der Waals surface area contributed by atoms with Crippen LogP contribution in [-0.2, 0) is 4.79 Å². The average Bonchev–Trinajstić information content (AvgIpc) is 2.16. The predicted octanol–water partition coefficient (Wildman–Crippen LogP) is -1.10. The number of carbonyl (C=O) groups is 1. The van der Waals surface area contributed by atoms with E-state index in [1.807, 2.05) is 0 Å². The monoisotopic (exact) mass is 192 g/mol. The summed E-state index contributed by atoms with van der Waals surface area (Å²) in [6.07, 6.45) is 1.33. The Morgan fingerprint density at radius 2 is 2.36 bits per heavy atom. The number of hydrogen-bond donors (Lipinski definition) is 2. The molecule has 6 heteroatoms. The smallest absolute Gasteiger partial charge is 0.293 e. The fourth-order valence-electron chi connectivity index (χ4n) is 0.718. The molecular formula is C8H8N4O2. The molecule has 0 bridgehead atoms. The summed E-state index contributed by atoms with van der Waals surface area (Å²) in [5.74, 6) is 4.13. The molecule has 0 fully saturated rings. The number of hydrogen-bond acceptors (Lipinski definition) is 5. The molecule has 0 saturated carbocycles. The highest BCUT2D eigenvalue weighted by molar-refractivity contribution is 5.92. The zero-order chi connectivity index (χ0) is 10.6. The quantitative estimate of drug-likeness (QED) is 0.550. The molecule has 0 radical (unpaired) electrons. The van der Waals surface area contributed by atoms with Crippen molar-refractivity contribution < 1.29 is 9.53 Å². The van der Waals surface area contributed by atoms with Gasteiger partial charge in [0.1, 0.15) is 5.69 Å². The van der Waals surface area contributed by atoms with Gasteiger partial charge in [-0.25, -0.2) is 4.98 Å². The Hall–Kier alpha value is -2.29. The Bertz CT molecular complexity index is 419. The van der Waals surface area contributed by atoms with Gasteiger partial charge in [-0.15, -0.1) is 0 Å². The van der Waals surface area contributed by atoms with Crippen molar-refractivity contribution in [3.8, 4) is 17.7 Å². The summed E-state index contributed by atoms with van der Waals surface area (Å²) in [5.41, 5.74) is 10.5. The van der Waals surface area contributed by atoms with Crippen LogP contribution in [0.5, 0.6) is 5.88 Å². The van der Waals surface area contributed by atoms with Crippen molar-refractivity contribution in [3.05, 3.63) is 11.9 Å². The Morgan fingerprint density at radius 3 is 2.93 bits per heavy atom. The van der Waals surface area contributed by atoms with Crippen molar-refractivity contribution >= 4 is 11.7 Å². The van der Waals surface area contributed by atoms with Gasteiger partial charge >= 0.3 is 0 Å². The first kappa shape index (κ1) is 9.80. The van der Waals surface area contributed by atoms with Crippen LogP contribution in [-0.4, -0.2) is 23.0 Å². The standard InChI is InChI=1S/C8H8N4O2/c1-14-8-7(10)11-4-5(12-8)2-3-6(9)13/h4H,1H3,(H2,9,13)(H2,10,11). The number of primary amides is 1. The molecule has 0 spiro atoms. The Kier molecular flexibility index (Phi) is 2.86. The molecule has 4 N–H and O–H groups in total. The lowest BCUT2D eigenvalue weighted by atomic mass is 10.4. The fourth-order valence-corrected chi connectivity index (χ4v) is 0.718. The molecule has 0 aliphatic rings. The van der Waals surface area contributed by atoms with Gasteiger partial charge in [-0.2, -0.15) is 4.98 Å². The van der Waals surface area contributed by atoms with Gasteiger partial charge in [0.2, 0.25) is 0 Å².